The van der Waals surface area contributed by atoms with Gasteiger partial charge in [0, 0.05) is 36.0 Å². The van der Waals surface area contributed by atoms with Crippen molar-refractivity contribution in [1.82, 2.24) is 0 Å². The Bertz CT molecular complexity index is 1070. The molecule has 3 fully saturated rings. The van der Waals surface area contributed by atoms with Crippen LogP contribution in [0.5, 0.6) is 0 Å². The van der Waals surface area contributed by atoms with Gasteiger partial charge < -0.3 is 14.6 Å². The van der Waals surface area contributed by atoms with Gasteiger partial charge in [-0.05, 0) is 42.7 Å². The molecule has 3 saturated carbocycles. The molecule has 0 aromatic rings. The molecule has 0 bridgehead atoms. The highest BCUT2D eigenvalue weighted by Crippen LogP contribution is 2.69. The number of aliphatic hydroxyl groups excluding tert-OH is 1. The highest BCUT2D eigenvalue weighted by atomic mass is 35.5. The van der Waals surface area contributed by atoms with Gasteiger partial charge in [0.05, 0.1) is 11.1 Å². The van der Waals surface area contributed by atoms with Crippen LogP contribution in [0.25, 0.3) is 0 Å². The van der Waals surface area contributed by atoms with Crippen LogP contribution in [0.15, 0.2) is 22.8 Å². The van der Waals surface area contributed by atoms with Crippen molar-refractivity contribution < 1.29 is 38.1 Å². The monoisotopic (exact) mass is 524 g/mol. The summed E-state index contributed by atoms with van der Waals surface area (Å²) >= 11 is 6.30. The number of alkyl halides is 1. The van der Waals surface area contributed by atoms with Gasteiger partial charge in [-0.25, -0.2) is 4.39 Å². The van der Waals surface area contributed by atoms with E-state index in [1.54, 1.807) is 19.9 Å². The average molecular weight is 525 g/mol. The topological polar surface area (TPSA) is 107 Å². The van der Waals surface area contributed by atoms with E-state index in [0.717, 1.165) is 0 Å². The number of ketones is 2. The number of esters is 2. The molecule has 9 atom stereocenters. The molecule has 7 nitrogen and oxygen atoms in total. The highest BCUT2D eigenvalue weighted by Gasteiger charge is 2.73. The molecule has 0 radical (unpaired) electrons. The molecule has 9 heteroatoms. The number of allylic oxidation sites excluding steroid dienone is 4. The van der Waals surface area contributed by atoms with E-state index in [0.29, 0.717) is 6.42 Å². The number of hydrogen-bond acceptors (Lipinski definition) is 7. The Hall–Kier alpha value is -2.06. The van der Waals surface area contributed by atoms with Crippen molar-refractivity contribution >= 4 is 35.1 Å². The summed E-state index contributed by atoms with van der Waals surface area (Å²) in [4.78, 5) is 50.0. The first-order valence-electron chi connectivity index (χ1n) is 12.6. The predicted molar refractivity (Wildman–Crippen MR) is 128 cm³/mol. The van der Waals surface area contributed by atoms with Crippen LogP contribution >= 0.6 is 11.6 Å². The molecule has 36 heavy (non-hydrogen) atoms. The number of ether oxygens (including phenoxy) is 2. The average Bonchev–Trinajstić information content (AvgIpc) is 3.01. The maximum Gasteiger partial charge on any atom is 0.306 e. The zero-order valence-corrected chi connectivity index (χ0v) is 22.1. The summed E-state index contributed by atoms with van der Waals surface area (Å²) in [5.74, 6) is -3.71. The standard InChI is InChI=1S/C27H34ClFO7/c1-6-21(34)36-27(20(33)12-35-14(3)30)13(2)9-16-15-10-17(29)23-24(28)18(31)7-8-25(23,4)22(15)19(32)11-26(16,27)5/h7-8,13,15-17,19,22,32H,6,9-12H2,1-5H3/t13?,15-,16-,17?,19?,22+,25+,26-,27-/m0/s1. The van der Waals surface area contributed by atoms with E-state index >= 15 is 4.39 Å². The smallest absolute Gasteiger partial charge is 0.306 e. The fourth-order valence-electron chi connectivity index (χ4n) is 8.14. The van der Waals surface area contributed by atoms with E-state index in [2.05, 4.69) is 0 Å². The van der Waals surface area contributed by atoms with E-state index in [-0.39, 0.29) is 41.7 Å². The van der Waals surface area contributed by atoms with Gasteiger partial charge in [-0.3, -0.25) is 19.2 Å². The second-order valence-electron chi connectivity index (χ2n) is 11.3. The summed E-state index contributed by atoms with van der Waals surface area (Å²) in [6.07, 6.45) is 1.17. The summed E-state index contributed by atoms with van der Waals surface area (Å²) in [5, 5.41) is 11.5. The largest absolute Gasteiger partial charge is 0.458 e. The van der Waals surface area contributed by atoms with Gasteiger partial charge >= 0.3 is 11.9 Å². The molecule has 0 aliphatic heterocycles. The Balaban J connectivity index is 1.82. The van der Waals surface area contributed by atoms with E-state index < -0.39 is 70.7 Å². The van der Waals surface area contributed by atoms with Crippen molar-refractivity contribution in [2.24, 2.45) is 34.5 Å². The van der Waals surface area contributed by atoms with Crippen molar-refractivity contribution in [3.63, 3.8) is 0 Å². The first-order valence-corrected chi connectivity index (χ1v) is 13.0. The van der Waals surface area contributed by atoms with Crippen LogP contribution in [0, 0.1) is 34.5 Å². The van der Waals surface area contributed by atoms with Gasteiger partial charge in [0.15, 0.2) is 18.0 Å². The fraction of sp³-hybridized carbons (Fsp3) is 0.704. The van der Waals surface area contributed by atoms with Crippen LogP contribution in [0.2, 0.25) is 0 Å². The lowest BCUT2D eigenvalue weighted by molar-refractivity contribution is -0.207. The molecule has 4 rings (SSSR count). The third kappa shape index (κ3) is 3.62. The first-order chi connectivity index (χ1) is 16.7. The molecular weight excluding hydrogens is 491 g/mol. The molecule has 0 spiro atoms. The summed E-state index contributed by atoms with van der Waals surface area (Å²) < 4.78 is 26.8. The van der Waals surface area contributed by atoms with Crippen LogP contribution in [0.1, 0.15) is 60.3 Å². The van der Waals surface area contributed by atoms with E-state index in [9.17, 15) is 24.3 Å². The quantitative estimate of drug-likeness (QED) is 0.544. The second-order valence-corrected chi connectivity index (χ2v) is 11.7. The minimum Gasteiger partial charge on any atom is -0.458 e. The number of fused-ring (bicyclic) bond motifs is 5. The van der Waals surface area contributed by atoms with Crippen LogP contribution in [-0.4, -0.2) is 53.1 Å². The van der Waals surface area contributed by atoms with Crippen LogP contribution in [0.3, 0.4) is 0 Å². The van der Waals surface area contributed by atoms with Crippen molar-refractivity contribution in [3.8, 4) is 0 Å². The number of halogens is 2. The van der Waals surface area contributed by atoms with Gasteiger partial charge in [0.25, 0.3) is 0 Å². The van der Waals surface area contributed by atoms with Gasteiger partial charge in [-0.2, -0.15) is 0 Å². The van der Waals surface area contributed by atoms with Crippen molar-refractivity contribution in [3.05, 3.63) is 22.8 Å². The summed E-state index contributed by atoms with van der Waals surface area (Å²) in [6, 6.07) is 0. The number of hydrogen-bond donors (Lipinski definition) is 1. The lowest BCUT2D eigenvalue weighted by atomic mass is 9.45. The SMILES string of the molecule is CCC(=O)O[C@]1(C(=O)COC(C)=O)C(C)C[C@H]2[C@@H]3CC(F)C4=C(Cl)C(=O)C=C[C@]4(C)[C@H]3C(O)C[C@@]21C. The molecule has 0 heterocycles. The minimum absolute atomic E-state index is 0.0346. The molecular formula is C27H34ClFO7. The molecule has 0 amide bonds. The van der Waals surface area contributed by atoms with Crippen molar-refractivity contribution in [2.45, 2.75) is 78.2 Å². The summed E-state index contributed by atoms with van der Waals surface area (Å²) in [7, 11) is 0. The van der Waals surface area contributed by atoms with Gasteiger partial charge in [-0.15, -0.1) is 0 Å². The van der Waals surface area contributed by atoms with E-state index in [1.165, 1.54) is 13.0 Å². The molecule has 1 N–H and O–H groups in total. The molecule has 3 unspecified atom stereocenters. The number of carbonyl (C=O) groups excluding carboxylic acids is 4. The predicted octanol–water partition coefficient (Wildman–Crippen LogP) is 3.85. The number of aliphatic hydroxyl groups is 1. The molecule has 0 aromatic heterocycles. The molecule has 4 aliphatic carbocycles. The zero-order chi connectivity index (χ0) is 26.8. The van der Waals surface area contributed by atoms with Crippen LogP contribution in [0.4, 0.5) is 4.39 Å². The third-order valence-electron chi connectivity index (χ3n) is 9.48. The van der Waals surface area contributed by atoms with Crippen molar-refractivity contribution in [2.75, 3.05) is 6.61 Å². The Kier molecular flexibility index (Phi) is 6.78. The Morgan fingerprint density at radius 3 is 2.53 bits per heavy atom. The second kappa shape index (κ2) is 9.05. The fourth-order valence-corrected chi connectivity index (χ4v) is 8.53. The number of rotatable bonds is 5. The van der Waals surface area contributed by atoms with Crippen molar-refractivity contribution in [1.29, 1.82) is 0 Å². The molecule has 0 saturated heterocycles. The van der Waals surface area contributed by atoms with Gasteiger partial charge in [-0.1, -0.05) is 45.4 Å². The maximum atomic E-state index is 15.8. The molecule has 0 aromatic carbocycles. The molecule has 4 aliphatic rings. The number of Topliss-reactive ketones (excluding diaryl/α,β-unsaturated/α-hetero) is 1. The van der Waals surface area contributed by atoms with E-state index in [4.69, 9.17) is 21.1 Å². The van der Waals surface area contributed by atoms with Gasteiger partial charge in [0.2, 0.25) is 5.78 Å². The Morgan fingerprint density at radius 1 is 1.25 bits per heavy atom. The van der Waals surface area contributed by atoms with E-state index in [1.807, 2.05) is 13.8 Å². The number of carbonyl (C=O) groups is 4. The van der Waals surface area contributed by atoms with Gasteiger partial charge in [0.1, 0.15) is 6.17 Å². The van der Waals surface area contributed by atoms with Crippen LogP contribution < -0.4 is 0 Å². The summed E-state index contributed by atoms with van der Waals surface area (Å²) in [6.45, 7) is 7.71. The minimum atomic E-state index is -1.63. The van der Waals surface area contributed by atoms with Crippen LogP contribution in [-0.2, 0) is 28.7 Å². The highest BCUT2D eigenvalue weighted by molar-refractivity contribution is 6.45. The normalized spacial score (nSPS) is 43.4. The first kappa shape index (κ1) is 27.0. The zero-order valence-electron chi connectivity index (χ0n) is 21.3. The Labute approximate surface area is 215 Å². The summed E-state index contributed by atoms with van der Waals surface area (Å²) in [5.41, 5.74) is -3.42. The maximum absolute atomic E-state index is 15.8. The third-order valence-corrected chi connectivity index (χ3v) is 9.87. The Morgan fingerprint density at radius 2 is 1.92 bits per heavy atom. The lowest BCUT2D eigenvalue weighted by Crippen LogP contribution is -2.65. The lowest BCUT2D eigenvalue weighted by Gasteiger charge is -2.60. The molecule has 198 valence electrons.